The summed E-state index contributed by atoms with van der Waals surface area (Å²) in [6.45, 7) is 1.79. The van der Waals surface area contributed by atoms with Gasteiger partial charge < -0.3 is 15.0 Å². The van der Waals surface area contributed by atoms with E-state index in [-0.39, 0.29) is 23.2 Å². The predicted molar refractivity (Wildman–Crippen MR) is 76.4 cm³/mol. The number of methoxy groups -OCH3 is 1. The van der Waals surface area contributed by atoms with Crippen LogP contribution in [0.25, 0.3) is 0 Å². The van der Waals surface area contributed by atoms with Gasteiger partial charge >= 0.3 is 11.7 Å². The Balaban J connectivity index is 2.25. The lowest BCUT2D eigenvalue weighted by atomic mass is 10.1. The van der Waals surface area contributed by atoms with Crippen molar-refractivity contribution in [2.75, 3.05) is 32.6 Å². The number of nitrogens with zero attached hydrogens (tertiary/aromatic N) is 3. The van der Waals surface area contributed by atoms with Crippen LogP contribution in [-0.2, 0) is 4.74 Å². The minimum atomic E-state index is -0.617. The number of ether oxygens (including phenoxy) is 1. The molecular formula is C13H18N4O4. The van der Waals surface area contributed by atoms with Gasteiger partial charge in [0, 0.05) is 18.7 Å². The highest BCUT2D eigenvalue weighted by Crippen LogP contribution is 2.24. The molecule has 1 N–H and O–H groups in total. The number of carbonyl (C=O) groups excluding carboxylic acids is 1. The Labute approximate surface area is 122 Å². The zero-order chi connectivity index (χ0) is 15.4. The molecule has 1 aromatic heterocycles. The number of likely N-dealkylation sites (N-methyl/N-ethyl adjacent to an activating group) is 1. The minimum Gasteiger partial charge on any atom is -0.464 e. The topological polar surface area (TPSA) is 97.6 Å². The number of aromatic nitrogens is 1. The van der Waals surface area contributed by atoms with Gasteiger partial charge in [-0.05, 0) is 32.5 Å². The summed E-state index contributed by atoms with van der Waals surface area (Å²) < 4.78 is 4.59. The standard InChI is InChI=1S/C13H18N4O4/c1-16-7-3-4-9(8-16)14-12-11(17(19)20)6-5-10(15-12)13(18)21-2/h5-6,9H,3-4,7-8H2,1-2H3,(H,14,15). The Morgan fingerprint density at radius 2 is 2.33 bits per heavy atom. The van der Waals surface area contributed by atoms with Gasteiger partial charge in [0.2, 0.25) is 5.82 Å². The Bertz CT molecular complexity index is 549. The summed E-state index contributed by atoms with van der Waals surface area (Å²) in [5.74, 6) is -0.503. The second-order valence-corrected chi connectivity index (χ2v) is 5.06. The van der Waals surface area contributed by atoms with Gasteiger partial charge in [0.15, 0.2) is 5.69 Å². The van der Waals surface area contributed by atoms with Gasteiger partial charge in [-0.1, -0.05) is 0 Å². The fourth-order valence-electron chi connectivity index (χ4n) is 2.40. The second-order valence-electron chi connectivity index (χ2n) is 5.06. The fraction of sp³-hybridized carbons (Fsp3) is 0.538. The fourth-order valence-corrected chi connectivity index (χ4v) is 2.40. The zero-order valence-corrected chi connectivity index (χ0v) is 12.0. The molecule has 21 heavy (non-hydrogen) atoms. The van der Waals surface area contributed by atoms with Gasteiger partial charge in [0.25, 0.3) is 0 Å². The maximum atomic E-state index is 11.5. The normalized spacial score (nSPS) is 19.0. The van der Waals surface area contributed by atoms with Crippen molar-refractivity contribution in [2.45, 2.75) is 18.9 Å². The van der Waals surface area contributed by atoms with Crippen LogP contribution in [0.1, 0.15) is 23.3 Å². The minimum absolute atomic E-state index is 0.0507. The van der Waals surface area contributed by atoms with E-state index < -0.39 is 10.9 Å². The monoisotopic (exact) mass is 294 g/mol. The highest BCUT2D eigenvalue weighted by molar-refractivity contribution is 5.88. The molecule has 8 nitrogen and oxygen atoms in total. The smallest absolute Gasteiger partial charge is 0.356 e. The number of esters is 1. The van der Waals surface area contributed by atoms with Crippen molar-refractivity contribution < 1.29 is 14.5 Å². The van der Waals surface area contributed by atoms with Crippen molar-refractivity contribution in [3.05, 3.63) is 27.9 Å². The largest absolute Gasteiger partial charge is 0.464 e. The first kappa shape index (κ1) is 15.2. The molecule has 0 bridgehead atoms. The average molecular weight is 294 g/mol. The first-order valence-electron chi connectivity index (χ1n) is 6.70. The molecule has 2 rings (SSSR count). The third kappa shape index (κ3) is 3.66. The summed E-state index contributed by atoms with van der Waals surface area (Å²) in [5, 5.41) is 14.2. The molecule has 2 heterocycles. The first-order valence-corrected chi connectivity index (χ1v) is 6.70. The number of likely N-dealkylation sites (tertiary alicyclic amines) is 1. The van der Waals surface area contributed by atoms with Crippen LogP contribution in [-0.4, -0.2) is 54.1 Å². The van der Waals surface area contributed by atoms with Crippen LogP contribution < -0.4 is 5.32 Å². The molecule has 0 spiro atoms. The predicted octanol–water partition coefficient (Wildman–Crippen LogP) is 1.28. The number of nitro groups is 1. The molecule has 0 aliphatic carbocycles. The molecule has 1 aromatic rings. The average Bonchev–Trinajstić information content (AvgIpc) is 2.46. The molecule has 0 aromatic carbocycles. The number of anilines is 1. The van der Waals surface area contributed by atoms with Crippen LogP contribution >= 0.6 is 0 Å². The van der Waals surface area contributed by atoms with E-state index in [4.69, 9.17) is 0 Å². The molecule has 0 saturated carbocycles. The van der Waals surface area contributed by atoms with Crippen molar-refractivity contribution in [2.24, 2.45) is 0 Å². The van der Waals surface area contributed by atoms with E-state index in [0.29, 0.717) is 0 Å². The summed E-state index contributed by atoms with van der Waals surface area (Å²) >= 11 is 0. The van der Waals surface area contributed by atoms with Gasteiger partial charge in [0.05, 0.1) is 12.0 Å². The van der Waals surface area contributed by atoms with Gasteiger partial charge in [0.1, 0.15) is 0 Å². The van der Waals surface area contributed by atoms with Gasteiger partial charge in [-0.3, -0.25) is 10.1 Å². The Hall–Kier alpha value is -2.22. The number of carbonyl (C=O) groups is 1. The van der Waals surface area contributed by atoms with Gasteiger partial charge in [-0.25, -0.2) is 9.78 Å². The summed E-state index contributed by atoms with van der Waals surface area (Å²) in [7, 11) is 3.25. The summed E-state index contributed by atoms with van der Waals surface area (Å²) in [5.41, 5.74) is -0.0920. The maximum Gasteiger partial charge on any atom is 0.356 e. The van der Waals surface area contributed by atoms with E-state index >= 15 is 0 Å². The summed E-state index contributed by atoms with van der Waals surface area (Å²) in [4.78, 5) is 28.3. The van der Waals surface area contributed by atoms with Crippen LogP contribution in [0.15, 0.2) is 12.1 Å². The van der Waals surface area contributed by atoms with Crippen molar-refractivity contribution >= 4 is 17.5 Å². The maximum absolute atomic E-state index is 11.5. The SMILES string of the molecule is COC(=O)c1ccc([N+](=O)[O-])c(NC2CCCN(C)C2)n1. The van der Waals surface area contributed by atoms with E-state index in [2.05, 4.69) is 19.9 Å². The Kier molecular flexibility index (Phi) is 4.69. The van der Waals surface area contributed by atoms with E-state index in [0.717, 1.165) is 25.9 Å². The summed E-state index contributed by atoms with van der Waals surface area (Å²) in [6.07, 6.45) is 1.92. The molecule has 1 saturated heterocycles. The summed E-state index contributed by atoms with van der Waals surface area (Å²) in [6, 6.07) is 2.64. The van der Waals surface area contributed by atoms with Crippen LogP contribution in [0.5, 0.6) is 0 Å². The van der Waals surface area contributed by atoms with E-state index in [9.17, 15) is 14.9 Å². The zero-order valence-electron chi connectivity index (χ0n) is 12.0. The highest BCUT2D eigenvalue weighted by Gasteiger charge is 2.23. The number of pyridine rings is 1. The van der Waals surface area contributed by atoms with Gasteiger partial charge in [-0.15, -0.1) is 0 Å². The second kappa shape index (κ2) is 6.49. The Morgan fingerprint density at radius 1 is 1.57 bits per heavy atom. The molecule has 1 unspecified atom stereocenters. The van der Waals surface area contributed by atoms with E-state index in [1.54, 1.807) is 0 Å². The van der Waals surface area contributed by atoms with Crippen molar-refractivity contribution in [1.82, 2.24) is 9.88 Å². The molecule has 0 amide bonds. The van der Waals surface area contributed by atoms with Crippen LogP contribution in [0.3, 0.4) is 0 Å². The molecule has 8 heteroatoms. The molecule has 1 atom stereocenters. The lowest BCUT2D eigenvalue weighted by Gasteiger charge is -2.30. The van der Waals surface area contributed by atoms with Crippen LogP contribution in [0, 0.1) is 10.1 Å². The lowest BCUT2D eigenvalue weighted by Crippen LogP contribution is -2.40. The number of rotatable bonds is 4. The first-order chi connectivity index (χ1) is 10.0. The lowest BCUT2D eigenvalue weighted by molar-refractivity contribution is -0.384. The number of nitrogens with one attached hydrogen (secondary N) is 1. The van der Waals surface area contributed by atoms with E-state index in [1.165, 1.54) is 19.2 Å². The molecule has 1 aliphatic rings. The van der Waals surface area contributed by atoms with E-state index in [1.807, 2.05) is 7.05 Å². The number of piperidine rings is 1. The molecular weight excluding hydrogens is 276 g/mol. The highest BCUT2D eigenvalue weighted by atomic mass is 16.6. The van der Waals surface area contributed by atoms with Crippen molar-refractivity contribution in [1.29, 1.82) is 0 Å². The quantitative estimate of drug-likeness (QED) is 0.507. The van der Waals surface area contributed by atoms with Crippen LogP contribution in [0.4, 0.5) is 11.5 Å². The molecule has 0 radical (unpaired) electrons. The number of hydrogen-bond acceptors (Lipinski definition) is 7. The molecule has 114 valence electrons. The number of hydrogen-bond donors (Lipinski definition) is 1. The molecule has 1 fully saturated rings. The molecule has 1 aliphatic heterocycles. The van der Waals surface area contributed by atoms with Crippen molar-refractivity contribution in [3.63, 3.8) is 0 Å². The third-order valence-corrected chi connectivity index (χ3v) is 3.43. The Morgan fingerprint density at radius 3 is 2.95 bits per heavy atom. The third-order valence-electron chi connectivity index (χ3n) is 3.43. The van der Waals surface area contributed by atoms with Gasteiger partial charge in [-0.2, -0.15) is 0 Å². The van der Waals surface area contributed by atoms with Crippen molar-refractivity contribution in [3.8, 4) is 0 Å². The van der Waals surface area contributed by atoms with Crippen LogP contribution in [0.2, 0.25) is 0 Å².